The van der Waals surface area contributed by atoms with Crippen molar-refractivity contribution in [2.45, 2.75) is 37.9 Å². The van der Waals surface area contributed by atoms with Gasteiger partial charge in [-0.3, -0.25) is 9.89 Å². The molecule has 0 saturated carbocycles. The Kier molecular flexibility index (Phi) is 4.29. The first kappa shape index (κ1) is 16.5. The minimum Gasteiger partial charge on any atom is -0.340 e. The van der Waals surface area contributed by atoms with Crippen molar-refractivity contribution in [1.29, 1.82) is 0 Å². The molecule has 2 aromatic rings. The molecule has 3 heterocycles. The molecule has 0 aromatic carbocycles. The van der Waals surface area contributed by atoms with Crippen LogP contribution in [0.5, 0.6) is 0 Å². The molecule has 3 rings (SSSR count). The highest BCUT2D eigenvalue weighted by Gasteiger charge is 2.36. The predicted octanol–water partition coefficient (Wildman–Crippen LogP) is 1.99. The predicted molar refractivity (Wildman–Crippen MR) is 76.9 cm³/mol. The lowest BCUT2D eigenvalue weighted by atomic mass is 9.94. The van der Waals surface area contributed by atoms with Crippen LogP contribution in [0.1, 0.15) is 43.1 Å². The molecule has 0 bridgehead atoms. The third-order valence-electron chi connectivity index (χ3n) is 4.25. The SMILES string of the molecule is C[C@H](C(=O)N1CCC[C@H](c2cc(C(F)(F)F)n[nH]2)C1)n1cncn1. The number of hydrogen-bond acceptors (Lipinski definition) is 4. The molecule has 130 valence electrons. The number of halogens is 3. The van der Waals surface area contributed by atoms with Gasteiger partial charge in [0.25, 0.3) is 0 Å². The summed E-state index contributed by atoms with van der Waals surface area (Å²) in [7, 11) is 0. The van der Waals surface area contributed by atoms with E-state index in [0.29, 0.717) is 25.2 Å². The quantitative estimate of drug-likeness (QED) is 0.925. The van der Waals surface area contributed by atoms with E-state index >= 15 is 0 Å². The van der Waals surface area contributed by atoms with Gasteiger partial charge in [-0.15, -0.1) is 0 Å². The molecule has 1 aliphatic rings. The van der Waals surface area contributed by atoms with Crippen molar-refractivity contribution in [3.05, 3.63) is 30.1 Å². The topological polar surface area (TPSA) is 79.7 Å². The normalized spacial score (nSPS) is 20.2. The zero-order valence-corrected chi connectivity index (χ0v) is 13.0. The lowest BCUT2D eigenvalue weighted by Gasteiger charge is -2.33. The Labute approximate surface area is 135 Å². The summed E-state index contributed by atoms with van der Waals surface area (Å²) in [5, 5.41) is 9.75. The van der Waals surface area contributed by atoms with Crippen molar-refractivity contribution in [3.63, 3.8) is 0 Å². The second-order valence-corrected chi connectivity index (χ2v) is 5.88. The first-order valence-electron chi connectivity index (χ1n) is 7.61. The number of likely N-dealkylation sites (tertiary alicyclic amines) is 1. The minimum atomic E-state index is -4.47. The summed E-state index contributed by atoms with van der Waals surface area (Å²) in [5.74, 6) is -0.310. The summed E-state index contributed by atoms with van der Waals surface area (Å²) in [6.07, 6.45) is -0.219. The standard InChI is InChI=1S/C14H17F3N6O/c1-9(23-8-18-7-19-23)13(24)22-4-2-3-10(6-22)11-5-12(21-20-11)14(15,16)17/h5,7-10H,2-4,6H2,1H3,(H,20,21)/t9-,10+/m1/s1. The summed E-state index contributed by atoms with van der Waals surface area (Å²) in [6.45, 7) is 2.66. The molecule has 24 heavy (non-hydrogen) atoms. The lowest BCUT2D eigenvalue weighted by Crippen LogP contribution is -2.42. The number of H-pyrrole nitrogens is 1. The molecule has 1 fully saturated rings. The summed E-state index contributed by atoms with van der Waals surface area (Å²) in [5.41, 5.74) is -0.523. The van der Waals surface area contributed by atoms with Crippen molar-refractivity contribution in [3.8, 4) is 0 Å². The van der Waals surface area contributed by atoms with Crippen molar-refractivity contribution >= 4 is 5.91 Å². The van der Waals surface area contributed by atoms with Crippen molar-refractivity contribution < 1.29 is 18.0 Å². The molecular weight excluding hydrogens is 325 g/mol. The van der Waals surface area contributed by atoms with Crippen LogP contribution in [0.4, 0.5) is 13.2 Å². The van der Waals surface area contributed by atoms with Gasteiger partial charge in [0.15, 0.2) is 5.69 Å². The van der Waals surface area contributed by atoms with Gasteiger partial charge in [-0.2, -0.15) is 23.4 Å². The number of alkyl halides is 3. The number of aromatic amines is 1. The van der Waals surface area contributed by atoms with E-state index in [9.17, 15) is 18.0 Å². The van der Waals surface area contributed by atoms with Gasteiger partial charge >= 0.3 is 6.18 Å². The number of nitrogens with zero attached hydrogens (tertiary/aromatic N) is 5. The van der Waals surface area contributed by atoms with Crippen molar-refractivity contribution in [2.75, 3.05) is 13.1 Å². The van der Waals surface area contributed by atoms with Gasteiger partial charge in [0.2, 0.25) is 5.91 Å². The van der Waals surface area contributed by atoms with Crippen LogP contribution in [0, 0.1) is 0 Å². The third-order valence-corrected chi connectivity index (χ3v) is 4.25. The van der Waals surface area contributed by atoms with Crippen LogP contribution in [-0.4, -0.2) is 48.9 Å². The number of hydrogen-bond donors (Lipinski definition) is 1. The second kappa shape index (κ2) is 6.25. The molecule has 0 aliphatic carbocycles. The number of carbonyl (C=O) groups is 1. The van der Waals surface area contributed by atoms with E-state index in [1.807, 2.05) is 0 Å². The molecule has 0 spiro atoms. The summed E-state index contributed by atoms with van der Waals surface area (Å²) < 4.78 is 39.5. The van der Waals surface area contributed by atoms with E-state index in [-0.39, 0.29) is 11.8 Å². The van der Waals surface area contributed by atoms with E-state index < -0.39 is 17.9 Å². The zero-order chi connectivity index (χ0) is 17.3. The van der Waals surface area contributed by atoms with E-state index in [0.717, 1.165) is 12.5 Å². The van der Waals surface area contributed by atoms with Gasteiger partial charge in [0, 0.05) is 24.7 Å². The molecule has 0 unspecified atom stereocenters. The molecule has 1 saturated heterocycles. The first-order valence-corrected chi connectivity index (χ1v) is 7.61. The van der Waals surface area contributed by atoms with E-state index in [1.165, 1.54) is 17.3 Å². The molecular formula is C14H17F3N6O. The van der Waals surface area contributed by atoms with Crippen LogP contribution in [0.25, 0.3) is 0 Å². The molecule has 1 aliphatic heterocycles. The number of aromatic nitrogens is 5. The van der Waals surface area contributed by atoms with Crippen LogP contribution < -0.4 is 0 Å². The average Bonchev–Trinajstić information content (AvgIpc) is 3.24. The van der Waals surface area contributed by atoms with E-state index in [4.69, 9.17) is 0 Å². The van der Waals surface area contributed by atoms with Gasteiger partial charge in [0.05, 0.1) is 0 Å². The smallest absolute Gasteiger partial charge is 0.340 e. The fourth-order valence-corrected chi connectivity index (χ4v) is 2.92. The van der Waals surface area contributed by atoms with Gasteiger partial charge < -0.3 is 4.90 Å². The monoisotopic (exact) mass is 342 g/mol. The van der Waals surface area contributed by atoms with Crippen LogP contribution >= 0.6 is 0 Å². The fraction of sp³-hybridized carbons (Fsp3) is 0.571. The maximum atomic E-state index is 12.7. The maximum Gasteiger partial charge on any atom is 0.435 e. The van der Waals surface area contributed by atoms with Crippen molar-refractivity contribution in [2.24, 2.45) is 0 Å². The Hall–Kier alpha value is -2.39. The molecule has 1 amide bonds. The highest BCUT2D eigenvalue weighted by Crippen LogP contribution is 2.32. The second-order valence-electron chi connectivity index (χ2n) is 5.88. The van der Waals surface area contributed by atoms with Crippen molar-refractivity contribution in [1.82, 2.24) is 29.9 Å². The van der Waals surface area contributed by atoms with E-state index in [1.54, 1.807) is 11.8 Å². The van der Waals surface area contributed by atoms with Gasteiger partial charge in [-0.25, -0.2) is 9.67 Å². The molecule has 1 N–H and O–H groups in total. The minimum absolute atomic E-state index is 0.124. The Morgan fingerprint density at radius 2 is 2.25 bits per heavy atom. The van der Waals surface area contributed by atoms with Gasteiger partial charge in [-0.05, 0) is 25.8 Å². The van der Waals surface area contributed by atoms with Gasteiger partial charge in [0.1, 0.15) is 18.7 Å². The molecule has 2 atom stereocenters. The van der Waals surface area contributed by atoms with Crippen LogP contribution in [0.15, 0.2) is 18.7 Å². The Morgan fingerprint density at radius 3 is 2.88 bits per heavy atom. The van der Waals surface area contributed by atoms with Gasteiger partial charge in [-0.1, -0.05) is 0 Å². The maximum absolute atomic E-state index is 12.7. The zero-order valence-electron chi connectivity index (χ0n) is 13.0. The van der Waals surface area contributed by atoms with Crippen LogP contribution in [0.2, 0.25) is 0 Å². The average molecular weight is 342 g/mol. The number of piperidine rings is 1. The summed E-state index contributed by atoms with van der Waals surface area (Å²) in [6, 6.07) is 0.526. The van der Waals surface area contributed by atoms with Crippen LogP contribution in [-0.2, 0) is 11.0 Å². The fourth-order valence-electron chi connectivity index (χ4n) is 2.92. The Balaban J connectivity index is 1.70. The molecule has 7 nitrogen and oxygen atoms in total. The van der Waals surface area contributed by atoms with Crippen LogP contribution in [0.3, 0.4) is 0 Å². The highest BCUT2D eigenvalue weighted by atomic mass is 19.4. The number of carbonyl (C=O) groups excluding carboxylic acids is 1. The molecule has 2 aromatic heterocycles. The largest absolute Gasteiger partial charge is 0.435 e. The Bertz CT molecular complexity index is 696. The number of rotatable bonds is 3. The number of amides is 1. The highest BCUT2D eigenvalue weighted by molar-refractivity contribution is 5.80. The van der Waals surface area contributed by atoms with E-state index in [2.05, 4.69) is 20.3 Å². The summed E-state index contributed by atoms with van der Waals surface area (Å²) in [4.78, 5) is 18.1. The lowest BCUT2D eigenvalue weighted by molar-refractivity contribution is -0.141. The molecule has 10 heteroatoms. The number of nitrogens with one attached hydrogen (secondary N) is 1. The molecule has 0 radical (unpaired) electrons. The summed E-state index contributed by atoms with van der Waals surface area (Å²) >= 11 is 0. The Morgan fingerprint density at radius 1 is 1.46 bits per heavy atom. The first-order chi connectivity index (χ1) is 11.4. The third kappa shape index (κ3) is 3.26.